The van der Waals surface area contributed by atoms with E-state index in [9.17, 15) is 14.7 Å². The summed E-state index contributed by atoms with van der Waals surface area (Å²) in [6.45, 7) is 8.07. The number of allylic oxidation sites excluding steroid dienone is 4. The molecule has 0 saturated heterocycles. The molecule has 0 aromatic heterocycles. The summed E-state index contributed by atoms with van der Waals surface area (Å²) < 4.78 is 0. The van der Waals surface area contributed by atoms with Gasteiger partial charge in [-0.25, -0.2) is 0 Å². The maximum absolute atomic E-state index is 12.4. The second kappa shape index (κ2) is 5.16. The summed E-state index contributed by atoms with van der Waals surface area (Å²) in [6.07, 6.45) is 10.7. The molecule has 3 nitrogen and oxygen atoms in total. The fourth-order valence-electron chi connectivity index (χ4n) is 7.09. The second-order valence-electron chi connectivity index (χ2n) is 9.55. The van der Waals surface area contributed by atoms with Gasteiger partial charge < -0.3 is 5.11 Å². The van der Waals surface area contributed by atoms with Gasteiger partial charge in [0, 0.05) is 11.8 Å². The van der Waals surface area contributed by atoms with E-state index in [0.717, 1.165) is 25.7 Å². The first-order valence-electron chi connectivity index (χ1n) is 9.81. The molecular weight excluding hydrogens is 312 g/mol. The number of ketones is 2. The Labute approximate surface area is 150 Å². The quantitative estimate of drug-likeness (QED) is 0.787. The van der Waals surface area contributed by atoms with Gasteiger partial charge in [-0.3, -0.25) is 9.59 Å². The first-order valence-corrected chi connectivity index (χ1v) is 9.81. The zero-order valence-electron chi connectivity index (χ0n) is 15.8. The molecule has 0 aromatic carbocycles. The van der Waals surface area contributed by atoms with Crippen molar-refractivity contribution in [1.82, 2.24) is 0 Å². The van der Waals surface area contributed by atoms with Crippen molar-refractivity contribution in [2.24, 2.45) is 34.5 Å². The SMILES string of the molecule is CC(=O)[C@@]1(O)[C@@H](C)C[C@H]2[C@@H]3C=CC4=CC(=O)CC[C@]4(C)[C@H]3CC[C@@]21C. The van der Waals surface area contributed by atoms with Gasteiger partial charge in [-0.2, -0.15) is 0 Å². The zero-order valence-corrected chi connectivity index (χ0v) is 15.8. The van der Waals surface area contributed by atoms with E-state index in [1.807, 2.05) is 13.0 Å². The molecule has 0 aliphatic heterocycles. The lowest BCUT2D eigenvalue weighted by atomic mass is 9.48. The van der Waals surface area contributed by atoms with Crippen LogP contribution in [0, 0.1) is 34.5 Å². The van der Waals surface area contributed by atoms with Crippen molar-refractivity contribution < 1.29 is 14.7 Å². The first kappa shape index (κ1) is 17.2. The van der Waals surface area contributed by atoms with E-state index in [1.54, 1.807) is 6.92 Å². The Morgan fingerprint density at radius 3 is 2.64 bits per heavy atom. The molecule has 136 valence electrons. The largest absolute Gasteiger partial charge is 0.381 e. The maximum atomic E-state index is 12.4. The van der Waals surface area contributed by atoms with E-state index in [4.69, 9.17) is 0 Å². The lowest BCUT2D eigenvalue weighted by molar-refractivity contribution is -0.162. The van der Waals surface area contributed by atoms with Crippen LogP contribution in [0.4, 0.5) is 0 Å². The summed E-state index contributed by atoms with van der Waals surface area (Å²) in [4.78, 5) is 24.3. The van der Waals surface area contributed by atoms with Crippen LogP contribution >= 0.6 is 0 Å². The number of fused-ring (bicyclic) bond motifs is 5. The van der Waals surface area contributed by atoms with Crippen LogP contribution in [0.5, 0.6) is 0 Å². The molecule has 0 amide bonds. The Balaban J connectivity index is 1.78. The van der Waals surface area contributed by atoms with Gasteiger partial charge in [-0.15, -0.1) is 0 Å². The molecular formula is C22H30O3. The third kappa shape index (κ3) is 1.96. The summed E-state index contributed by atoms with van der Waals surface area (Å²) in [6, 6.07) is 0. The monoisotopic (exact) mass is 342 g/mol. The van der Waals surface area contributed by atoms with E-state index in [0.29, 0.717) is 24.2 Å². The summed E-state index contributed by atoms with van der Waals surface area (Å²) >= 11 is 0. The molecule has 0 heterocycles. The Hall–Kier alpha value is -1.22. The van der Waals surface area contributed by atoms with Crippen molar-refractivity contribution >= 4 is 11.6 Å². The molecule has 3 heteroatoms. The molecule has 0 spiro atoms. The number of carbonyl (C=O) groups is 2. The topological polar surface area (TPSA) is 54.4 Å². The van der Waals surface area contributed by atoms with Gasteiger partial charge >= 0.3 is 0 Å². The van der Waals surface area contributed by atoms with Crippen molar-refractivity contribution in [3.63, 3.8) is 0 Å². The number of aliphatic hydroxyl groups is 1. The Bertz CT molecular complexity index is 704. The summed E-state index contributed by atoms with van der Waals surface area (Å²) in [5.41, 5.74) is -0.280. The van der Waals surface area contributed by atoms with Crippen LogP contribution in [0.25, 0.3) is 0 Å². The van der Waals surface area contributed by atoms with Crippen molar-refractivity contribution in [3.8, 4) is 0 Å². The van der Waals surface area contributed by atoms with E-state index >= 15 is 0 Å². The van der Waals surface area contributed by atoms with Gasteiger partial charge in [0.2, 0.25) is 0 Å². The van der Waals surface area contributed by atoms with Crippen LogP contribution in [0.1, 0.15) is 59.8 Å². The molecule has 7 atom stereocenters. The van der Waals surface area contributed by atoms with Crippen LogP contribution < -0.4 is 0 Å². The lowest BCUT2D eigenvalue weighted by Crippen LogP contribution is -2.57. The summed E-state index contributed by atoms with van der Waals surface area (Å²) in [7, 11) is 0. The Morgan fingerprint density at radius 1 is 1.24 bits per heavy atom. The molecule has 25 heavy (non-hydrogen) atoms. The average Bonchev–Trinajstić information content (AvgIpc) is 2.77. The normalized spacial score (nSPS) is 51.4. The molecule has 4 aliphatic rings. The fraction of sp³-hybridized carbons (Fsp3) is 0.727. The van der Waals surface area contributed by atoms with Gasteiger partial charge in [-0.1, -0.05) is 32.9 Å². The number of Topliss-reactive ketones (excluding diaryl/α,β-unsaturated/α-hetero) is 1. The standard InChI is InChI=1S/C22H30O3/c1-13-11-19-17-6-5-15-12-16(24)7-9-20(15,3)18(17)8-10-21(19,4)22(13,25)14(2)23/h5-6,12-13,17-19,25H,7-11H2,1-4H3/t13-,17+,18-,19-,20-,21-,22-/m0/s1. The van der Waals surface area contributed by atoms with E-state index in [1.165, 1.54) is 5.57 Å². The average molecular weight is 342 g/mol. The molecule has 4 rings (SSSR count). The number of hydrogen-bond acceptors (Lipinski definition) is 3. The molecule has 0 radical (unpaired) electrons. The number of rotatable bonds is 1. The van der Waals surface area contributed by atoms with Gasteiger partial charge in [0.05, 0.1) is 0 Å². The van der Waals surface area contributed by atoms with Crippen LogP contribution in [0.2, 0.25) is 0 Å². The van der Waals surface area contributed by atoms with Gasteiger partial charge in [0.15, 0.2) is 11.6 Å². The molecule has 2 saturated carbocycles. The molecule has 2 fully saturated rings. The minimum absolute atomic E-state index is 0.00447. The highest BCUT2D eigenvalue weighted by Gasteiger charge is 2.67. The van der Waals surface area contributed by atoms with E-state index in [-0.39, 0.29) is 28.3 Å². The highest BCUT2D eigenvalue weighted by molar-refractivity contribution is 5.92. The Morgan fingerprint density at radius 2 is 1.96 bits per heavy atom. The number of carbonyl (C=O) groups excluding carboxylic acids is 2. The van der Waals surface area contributed by atoms with E-state index in [2.05, 4.69) is 26.0 Å². The van der Waals surface area contributed by atoms with Gasteiger partial charge in [-0.05, 0) is 73.3 Å². The molecule has 0 aromatic rings. The maximum Gasteiger partial charge on any atom is 0.162 e. The van der Waals surface area contributed by atoms with E-state index < -0.39 is 5.60 Å². The van der Waals surface area contributed by atoms with Gasteiger partial charge in [0.1, 0.15) is 5.60 Å². The van der Waals surface area contributed by atoms with Gasteiger partial charge in [0.25, 0.3) is 0 Å². The highest BCUT2D eigenvalue weighted by Crippen LogP contribution is 2.67. The molecule has 1 N–H and O–H groups in total. The summed E-state index contributed by atoms with van der Waals surface area (Å²) in [5.74, 6) is 1.42. The predicted octanol–water partition coefficient (Wildman–Crippen LogP) is 3.86. The third-order valence-corrected chi connectivity index (χ3v) is 8.63. The smallest absolute Gasteiger partial charge is 0.162 e. The van der Waals surface area contributed by atoms with Crippen LogP contribution in [0.15, 0.2) is 23.8 Å². The van der Waals surface area contributed by atoms with Crippen molar-refractivity contribution in [1.29, 1.82) is 0 Å². The molecule has 4 aliphatic carbocycles. The zero-order chi connectivity index (χ0) is 18.2. The Kier molecular flexibility index (Phi) is 3.55. The van der Waals surface area contributed by atoms with Crippen LogP contribution in [0.3, 0.4) is 0 Å². The van der Waals surface area contributed by atoms with Crippen LogP contribution in [-0.2, 0) is 9.59 Å². The lowest BCUT2D eigenvalue weighted by Gasteiger charge is -2.57. The van der Waals surface area contributed by atoms with Crippen molar-refractivity contribution in [2.45, 2.75) is 65.4 Å². The van der Waals surface area contributed by atoms with Crippen molar-refractivity contribution in [2.75, 3.05) is 0 Å². The highest BCUT2D eigenvalue weighted by atomic mass is 16.3. The minimum Gasteiger partial charge on any atom is -0.381 e. The van der Waals surface area contributed by atoms with Crippen molar-refractivity contribution in [3.05, 3.63) is 23.8 Å². The molecule has 0 bridgehead atoms. The summed E-state index contributed by atoms with van der Waals surface area (Å²) in [5, 5.41) is 11.4. The second-order valence-corrected chi connectivity index (χ2v) is 9.55. The number of hydrogen-bond donors (Lipinski definition) is 1. The third-order valence-electron chi connectivity index (χ3n) is 8.63. The predicted molar refractivity (Wildman–Crippen MR) is 96.8 cm³/mol. The molecule has 0 unspecified atom stereocenters. The van der Waals surface area contributed by atoms with Crippen LogP contribution in [-0.4, -0.2) is 22.3 Å². The first-order chi connectivity index (χ1) is 11.6. The minimum atomic E-state index is -1.20. The fourth-order valence-corrected chi connectivity index (χ4v) is 7.09.